The molecular weight excluding hydrogens is 230 g/mol. The first kappa shape index (κ1) is 10.7. The number of fused-ring (bicyclic) bond motifs is 4. The Balaban J connectivity index is 2.15. The van der Waals surface area contributed by atoms with Gasteiger partial charge in [0, 0.05) is 11.1 Å². The molecule has 0 unspecified atom stereocenters. The Morgan fingerprint density at radius 3 is 2.63 bits per heavy atom. The van der Waals surface area contributed by atoms with Crippen LogP contribution in [-0.4, -0.2) is 5.71 Å². The monoisotopic (exact) mass is 245 g/mol. The molecule has 2 aliphatic rings. The summed E-state index contributed by atoms with van der Waals surface area (Å²) in [5, 5.41) is 2.62. The predicted molar refractivity (Wildman–Crippen MR) is 80.3 cm³/mol. The molecule has 0 bridgehead atoms. The van der Waals surface area contributed by atoms with Gasteiger partial charge in [0.25, 0.3) is 0 Å². The van der Waals surface area contributed by atoms with Crippen molar-refractivity contribution >= 4 is 23.0 Å². The smallest absolute Gasteiger partial charge is 0.0728 e. The fourth-order valence-electron chi connectivity index (χ4n) is 3.09. The van der Waals surface area contributed by atoms with E-state index in [1.807, 2.05) is 0 Å². The molecule has 1 aliphatic heterocycles. The zero-order valence-electron chi connectivity index (χ0n) is 11.1. The molecule has 0 N–H and O–H groups in total. The molecule has 0 amide bonds. The Bertz CT molecular complexity index is 838. The molecule has 0 atom stereocenters. The number of hydrogen-bond donors (Lipinski definition) is 0. The number of nitrogens with zero attached hydrogens (tertiary/aromatic N) is 1. The van der Waals surface area contributed by atoms with Crippen LogP contribution in [0.15, 0.2) is 47.5 Å². The molecule has 0 radical (unpaired) electrons. The third-order valence-corrected chi connectivity index (χ3v) is 3.97. The van der Waals surface area contributed by atoms with Gasteiger partial charge in [-0.15, -0.1) is 0 Å². The van der Waals surface area contributed by atoms with Gasteiger partial charge in [0.1, 0.15) is 0 Å². The van der Waals surface area contributed by atoms with E-state index in [2.05, 4.69) is 62.4 Å². The van der Waals surface area contributed by atoms with Crippen LogP contribution in [-0.2, 0) is 0 Å². The Morgan fingerprint density at radius 1 is 0.947 bits per heavy atom. The molecule has 4 rings (SSSR count). The first-order chi connectivity index (χ1) is 9.25. The van der Waals surface area contributed by atoms with Crippen molar-refractivity contribution in [1.82, 2.24) is 0 Å². The summed E-state index contributed by atoms with van der Waals surface area (Å²) in [6.45, 7) is 4.50. The van der Waals surface area contributed by atoms with Crippen LogP contribution in [0.5, 0.6) is 0 Å². The van der Waals surface area contributed by atoms with Crippen molar-refractivity contribution in [3.63, 3.8) is 0 Å². The lowest BCUT2D eigenvalue weighted by atomic mass is 9.91. The van der Waals surface area contributed by atoms with Crippen LogP contribution in [0.4, 0.5) is 5.69 Å². The Kier molecular flexibility index (Phi) is 2.08. The van der Waals surface area contributed by atoms with Gasteiger partial charge in [-0.05, 0) is 34.1 Å². The van der Waals surface area contributed by atoms with E-state index < -0.39 is 0 Å². The molecule has 0 saturated carbocycles. The van der Waals surface area contributed by atoms with E-state index in [1.54, 1.807) is 0 Å². The minimum Gasteiger partial charge on any atom is -0.248 e. The second kappa shape index (κ2) is 3.67. The molecule has 0 fully saturated rings. The lowest BCUT2D eigenvalue weighted by Crippen LogP contribution is -2.22. The third-order valence-electron chi connectivity index (χ3n) is 3.97. The van der Waals surface area contributed by atoms with E-state index in [0.717, 1.165) is 11.4 Å². The van der Waals surface area contributed by atoms with Crippen molar-refractivity contribution in [3.05, 3.63) is 64.0 Å². The van der Waals surface area contributed by atoms with Gasteiger partial charge in [-0.25, -0.2) is 4.99 Å². The van der Waals surface area contributed by atoms with Crippen molar-refractivity contribution in [2.75, 3.05) is 0 Å². The number of aliphatic imine (C=N–C) groups is 1. The average Bonchev–Trinajstić information content (AvgIpc) is 2.92. The first-order valence-corrected chi connectivity index (χ1v) is 6.79. The second-order valence-electron chi connectivity index (χ2n) is 5.50. The van der Waals surface area contributed by atoms with E-state index in [9.17, 15) is 0 Å². The summed E-state index contributed by atoms with van der Waals surface area (Å²) in [6, 6.07) is 15.0. The molecule has 19 heavy (non-hydrogen) atoms. The Hall–Kier alpha value is -2.15. The molecule has 92 valence electrons. The van der Waals surface area contributed by atoms with Crippen molar-refractivity contribution in [2.45, 2.75) is 19.8 Å². The number of hydrogen-bond acceptors (Lipinski definition) is 1. The molecule has 0 spiro atoms. The molecular formula is C18H15N. The predicted octanol–water partition coefficient (Wildman–Crippen LogP) is 2.89. The molecule has 1 nitrogen and oxygen atoms in total. The fraction of sp³-hybridized carbons (Fsp3) is 0.167. The summed E-state index contributed by atoms with van der Waals surface area (Å²) in [5.74, 6) is 0.518. The van der Waals surface area contributed by atoms with Gasteiger partial charge in [0.2, 0.25) is 0 Å². The summed E-state index contributed by atoms with van der Waals surface area (Å²) in [7, 11) is 0. The van der Waals surface area contributed by atoms with Gasteiger partial charge in [0.05, 0.1) is 11.4 Å². The second-order valence-corrected chi connectivity index (χ2v) is 5.50. The van der Waals surface area contributed by atoms with E-state index in [0.29, 0.717) is 5.92 Å². The zero-order valence-corrected chi connectivity index (χ0v) is 11.1. The maximum absolute atomic E-state index is 4.80. The Labute approximate surface area is 112 Å². The number of benzene rings is 2. The summed E-state index contributed by atoms with van der Waals surface area (Å²) < 4.78 is 0. The zero-order chi connectivity index (χ0) is 13.0. The molecule has 1 heterocycles. The van der Waals surface area contributed by atoms with E-state index in [-0.39, 0.29) is 0 Å². The minimum atomic E-state index is 0.518. The molecule has 2 aromatic rings. The lowest BCUT2D eigenvalue weighted by Gasteiger charge is -2.12. The maximum Gasteiger partial charge on any atom is 0.0728 e. The highest BCUT2D eigenvalue weighted by Gasteiger charge is 2.26. The topological polar surface area (TPSA) is 12.4 Å². The average molecular weight is 245 g/mol. The van der Waals surface area contributed by atoms with Crippen molar-refractivity contribution < 1.29 is 0 Å². The van der Waals surface area contributed by atoms with Gasteiger partial charge in [-0.1, -0.05) is 50.2 Å². The SMILES string of the molecule is CC(C)c1cccc2c1C1=c3ccccc3=CC1=N2. The highest BCUT2D eigenvalue weighted by atomic mass is 14.8. The van der Waals surface area contributed by atoms with E-state index >= 15 is 0 Å². The van der Waals surface area contributed by atoms with Crippen LogP contribution >= 0.6 is 0 Å². The fourth-order valence-corrected chi connectivity index (χ4v) is 3.09. The lowest BCUT2D eigenvalue weighted by molar-refractivity contribution is 0.864. The molecule has 1 aliphatic carbocycles. The molecule has 2 aromatic carbocycles. The van der Waals surface area contributed by atoms with Crippen LogP contribution in [0.1, 0.15) is 30.9 Å². The summed E-state index contributed by atoms with van der Waals surface area (Å²) in [5.41, 5.74) is 6.33. The van der Waals surface area contributed by atoms with Gasteiger partial charge < -0.3 is 0 Å². The van der Waals surface area contributed by atoms with Gasteiger partial charge >= 0.3 is 0 Å². The van der Waals surface area contributed by atoms with Crippen LogP contribution in [0.25, 0.3) is 11.6 Å². The van der Waals surface area contributed by atoms with Crippen LogP contribution in [0.2, 0.25) is 0 Å². The third kappa shape index (κ3) is 1.39. The van der Waals surface area contributed by atoms with E-state index in [1.165, 1.54) is 27.1 Å². The summed E-state index contributed by atoms with van der Waals surface area (Å²) >= 11 is 0. The van der Waals surface area contributed by atoms with Crippen LogP contribution in [0.3, 0.4) is 0 Å². The van der Waals surface area contributed by atoms with Crippen LogP contribution in [0, 0.1) is 0 Å². The largest absolute Gasteiger partial charge is 0.248 e. The summed E-state index contributed by atoms with van der Waals surface area (Å²) in [4.78, 5) is 4.80. The maximum atomic E-state index is 4.80. The van der Waals surface area contributed by atoms with Crippen molar-refractivity contribution in [2.24, 2.45) is 4.99 Å². The van der Waals surface area contributed by atoms with Crippen molar-refractivity contribution in [3.8, 4) is 0 Å². The number of rotatable bonds is 1. The van der Waals surface area contributed by atoms with E-state index in [4.69, 9.17) is 4.99 Å². The molecule has 1 heteroatoms. The highest BCUT2D eigenvalue weighted by molar-refractivity contribution is 6.42. The summed E-state index contributed by atoms with van der Waals surface area (Å²) in [6.07, 6.45) is 2.20. The molecule has 0 saturated heterocycles. The Morgan fingerprint density at radius 2 is 1.79 bits per heavy atom. The highest BCUT2D eigenvalue weighted by Crippen LogP contribution is 2.39. The van der Waals surface area contributed by atoms with Crippen LogP contribution < -0.4 is 10.4 Å². The molecule has 0 aromatic heterocycles. The van der Waals surface area contributed by atoms with Gasteiger partial charge in [-0.2, -0.15) is 0 Å². The normalized spacial score (nSPS) is 14.9. The van der Waals surface area contributed by atoms with Crippen molar-refractivity contribution in [1.29, 1.82) is 0 Å². The van der Waals surface area contributed by atoms with Gasteiger partial charge in [0.15, 0.2) is 0 Å². The quantitative estimate of drug-likeness (QED) is 0.732. The standard InChI is InChI=1S/C18H15N/c1-11(2)13-8-5-9-15-17(13)18-14-7-4-3-6-12(14)10-16(18)19-15/h3-11H,1-2H3. The first-order valence-electron chi connectivity index (χ1n) is 6.79. The minimum absolute atomic E-state index is 0.518. The van der Waals surface area contributed by atoms with Gasteiger partial charge in [-0.3, -0.25) is 0 Å².